The molecule has 108 valence electrons. The minimum Gasteiger partial charge on any atom is -0.508 e. The van der Waals surface area contributed by atoms with E-state index in [2.05, 4.69) is 4.98 Å². The van der Waals surface area contributed by atoms with Crippen LogP contribution in [0, 0.1) is 0 Å². The van der Waals surface area contributed by atoms with Crippen molar-refractivity contribution in [2.45, 2.75) is 6.18 Å². The van der Waals surface area contributed by atoms with E-state index in [4.69, 9.17) is 0 Å². The largest absolute Gasteiger partial charge is 0.508 e. The van der Waals surface area contributed by atoms with Gasteiger partial charge in [0.2, 0.25) is 0 Å². The van der Waals surface area contributed by atoms with Gasteiger partial charge in [-0.25, -0.2) is 4.98 Å². The first kappa shape index (κ1) is 13.7. The molecule has 0 bridgehead atoms. The summed E-state index contributed by atoms with van der Waals surface area (Å²) < 4.78 is 38.6. The number of aromatic nitrogens is 1. The van der Waals surface area contributed by atoms with Gasteiger partial charge in [-0.05, 0) is 30.3 Å². The molecule has 21 heavy (non-hydrogen) atoms. The Bertz CT molecular complexity index is 827. The number of alkyl halides is 3. The smallest absolute Gasteiger partial charge is 0.416 e. The minimum absolute atomic E-state index is 0.100. The van der Waals surface area contributed by atoms with Gasteiger partial charge in [0.1, 0.15) is 16.5 Å². The third kappa shape index (κ3) is 2.52. The van der Waals surface area contributed by atoms with E-state index in [1.165, 1.54) is 29.5 Å². The number of phenolic OH excluding ortho intramolecular Hbond substituents is 2. The molecule has 3 rings (SSSR count). The SMILES string of the molecule is Oc1ccc(-c2nc3cc(C(F)(F)F)ccc3s2)c(O)c1. The standard InChI is InChI=1S/C14H8F3NO2S/c15-14(16,17)7-1-4-12-10(5-7)18-13(21-12)9-3-2-8(19)6-11(9)20/h1-6,19-20H. The van der Waals surface area contributed by atoms with Gasteiger partial charge in [-0.1, -0.05) is 0 Å². The van der Waals surface area contributed by atoms with Crippen molar-refractivity contribution in [3.05, 3.63) is 42.0 Å². The van der Waals surface area contributed by atoms with E-state index in [1.54, 1.807) is 0 Å². The zero-order valence-corrected chi connectivity index (χ0v) is 11.2. The van der Waals surface area contributed by atoms with Crippen LogP contribution >= 0.6 is 11.3 Å². The van der Waals surface area contributed by atoms with Crippen LogP contribution in [-0.2, 0) is 6.18 Å². The average Bonchev–Trinajstić information content (AvgIpc) is 2.79. The number of fused-ring (bicyclic) bond motifs is 1. The molecule has 3 aromatic rings. The zero-order chi connectivity index (χ0) is 15.2. The normalized spacial score (nSPS) is 12.0. The predicted molar refractivity (Wildman–Crippen MR) is 73.4 cm³/mol. The maximum Gasteiger partial charge on any atom is 0.416 e. The Morgan fingerprint density at radius 3 is 2.43 bits per heavy atom. The Labute approximate surface area is 120 Å². The molecule has 0 spiro atoms. The second-order valence-corrected chi connectivity index (χ2v) is 5.43. The fourth-order valence-electron chi connectivity index (χ4n) is 1.92. The predicted octanol–water partition coefficient (Wildman–Crippen LogP) is 4.39. The molecule has 0 amide bonds. The number of phenols is 2. The third-order valence-corrected chi connectivity index (χ3v) is 4.00. The molecule has 1 heterocycles. The highest BCUT2D eigenvalue weighted by atomic mass is 32.1. The van der Waals surface area contributed by atoms with E-state index in [0.717, 1.165) is 18.2 Å². The number of thiazole rings is 1. The molecular weight excluding hydrogens is 303 g/mol. The minimum atomic E-state index is -4.42. The highest BCUT2D eigenvalue weighted by Gasteiger charge is 2.30. The summed E-state index contributed by atoms with van der Waals surface area (Å²) in [6, 6.07) is 7.34. The molecule has 0 aliphatic carbocycles. The number of rotatable bonds is 1. The lowest BCUT2D eigenvalue weighted by Gasteiger charge is -2.04. The molecule has 0 fully saturated rings. The van der Waals surface area contributed by atoms with Gasteiger partial charge >= 0.3 is 6.18 Å². The van der Waals surface area contributed by atoms with E-state index < -0.39 is 11.7 Å². The number of nitrogens with zero attached hydrogens (tertiary/aromatic N) is 1. The molecule has 3 nitrogen and oxygen atoms in total. The molecule has 0 radical (unpaired) electrons. The lowest BCUT2D eigenvalue weighted by molar-refractivity contribution is -0.137. The first-order valence-corrected chi connectivity index (χ1v) is 6.66. The molecule has 7 heteroatoms. The van der Waals surface area contributed by atoms with Crippen LogP contribution in [0.5, 0.6) is 11.5 Å². The van der Waals surface area contributed by atoms with Gasteiger partial charge < -0.3 is 10.2 Å². The molecule has 0 unspecified atom stereocenters. The van der Waals surface area contributed by atoms with E-state index in [0.29, 0.717) is 15.3 Å². The fraction of sp³-hybridized carbons (Fsp3) is 0.0714. The van der Waals surface area contributed by atoms with Gasteiger partial charge in [0.15, 0.2) is 0 Å². The van der Waals surface area contributed by atoms with Gasteiger partial charge in [0.05, 0.1) is 21.3 Å². The van der Waals surface area contributed by atoms with Gasteiger partial charge in [0.25, 0.3) is 0 Å². The Morgan fingerprint density at radius 1 is 1.00 bits per heavy atom. The topological polar surface area (TPSA) is 53.4 Å². The Morgan fingerprint density at radius 2 is 1.76 bits per heavy atom. The number of aromatic hydroxyl groups is 2. The van der Waals surface area contributed by atoms with Gasteiger partial charge in [-0.2, -0.15) is 13.2 Å². The first-order chi connectivity index (χ1) is 9.84. The lowest BCUT2D eigenvalue weighted by atomic mass is 10.2. The van der Waals surface area contributed by atoms with Crippen LogP contribution in [0.2, 0.25) is 0 Å². The number of halogens is 3. The second kappa shape index (κ2) is 4.63. The molecule has 0 saturated heterocycles. The van der Waals surface area contributed by atoms with Gasteiger partial charge in [0, 0.05) is 6.07 Å². The van der Waals surface area contributed by atoms with E-state index >= 15 is 0 Å². The quantitative estimate of drug-likeness (QED) is 0.700. The molecule has 2 aromatic carbocycles. The van der Waals surface area contributed by atoms with Crippen LogP contribution in [0.15, 0.2) is 36.4 Å². The van der Waals surface area contributed by atoms with Crippen LogP contribution < -0.4 is 0 Å². The summed E-state index contributed by atoms with van der Waals surface area (Å²) in [5.74, 6) is -0.276. The highest BCUT2D eigenvalue weighted by molar-refractivity contribution is 7.21. The Hall–Kier alpha value is -2.28. The molecule has 0 saturated carbocycles. The van der Waals surface area contributed by atoms with E-state index in [9.17, 15) is 23.4 Å². The summed E-state index contributed by atoms with van der Waals surface area (Å²) in [6.07, 6.45) is -4.42. The molecule has 0 atom stereocenters. The highest BCUT2D eigenvalue weighted by Crippen LogP contribution is 2.38. The fourth-order valence-corrected chi connectivity index (χ4v) is 2.90. The summed E-state index contributed by atoms with van der Waals surface area (Å²) >= 11 is 1.17. The maximum atomic E-state index is 12.7. The van der Waals surface area contributed by atoms with E-state index in [-0.39, 0.29) is 17.0 Å². The Kier molecular flexibility index (Phi) is 3.02. The van der Waals surface area contributed by atoms with Gasteiger partial charge in [-0.15, -0.1) is 11.3 Å². The van der Waals surface area contributed by atoms with Crippen molar-refractivity contribution in [3.8, 4) is 22.1 Å². The second-order valence-electron chi connectivity index (χ2n) is 4.40. The van der Waals surface area contributed by atoms with Crippen molar-refractivity contribution >= 4 is 21.6 Å². The summed E-state index contributed by atoms with van der Waals surface area (Å²) in [7, 11) is 0. The van der Waals surface area contributed by atoms with Crippen molar-refractivity contribution in [1.82, 2.24) is 4.98 Å². The molecular formula is C14H8F3NO2S. The summed E-state index contributed by atoms with van der Waals surface area (Å²) in [4.78, 5) is 4.12. The van der Waals surface area contributed by atoms with Crippen LogP contribution in [0.3, 0.4) is 0 Å². The first-order valence-electron chi connectivity index (χ1n) is 5.85. The van der Waals surface area contributed by atoms with Crippen molar-refractivity contribution in [2.75, 3.05) is 0 Å². The van der Waals surface area contributed by atoms with Gasteiger partial charge in [-0.3, -0.25) is 0 Å². The summed E-state index contributed by atoms with van der Waals surface area (Å²) in [6.45, 7) is 0. The van der Waals surface area contributed by atoms with Crippen LogP contribution in [0.1, 0.15) is 5.56 Å². The maximum absolute atomic E-state index is 12.7. The molecule has 0 aliphatic rings. The molecule has 2 N–H and O–H groups in total. The number of hydrogen-bond donors (Lipinski definition) is 2. The van der Waals surface area contributed by atoms with Crippen LogP contribution in [0.4, 0.5) is 13.2 Å². The summed E-state index contributed by atoms with van der Waals surface area (Å²) in [5, 5.41) is 19.4. The lowest BCUT2D eigenvalue weighted by Crippen LogP contribution is -2.03. The average molecular weight is 311 g/mol. The number of hydrogen-bond acceptors (Lipinski definition) is 4. The van der Waals surface area contributed by atoms with Crippen molar-refractivity contribution in [2.24, 2.45) is 0 Å². The van der Waals surface area contributed by atoms with Crippen molar-refractivity contribution in [3.63, 3.8) is 0 Å². The third-order valence-electron chi connectivity index (χ3n) is 2.93. The van der Waals surface area contributed by atoms with E-state index in [1.807, 2.05) is 0 Å². The molecule has 0 aliphatic heterocycles. The van der Waals surface area contributed by atoms with Crippen molar-refractivity contribution < 1.29 is 23.4 Å². The zero-order valence-electron chi connectivity index (χ0n) is 10.3. The molecule has 1 aromatic heterocycles. The summed E-state index contributed by atoms with van der Waals surface area (Å²) in [5.41, 5.74) is -0.179. The Balaban J connectivity index is 2.13. The van der Waals surface area contributed by atoms with Crippen LogP contribution in [0.25, 0.3) is 20.8 Å². The van der Waals surface area contributed by atoms with Crippen LogP contribution in [-0.4, -0.2) is 15.2 Å². The number of benzene rings is 2. The van der Waals surface area contributed by atoms with Crippen molar-refractivity contribution in [1.29, 1.82) is 0 Å². The monoisotopic (exact) mass is 311 g/mol.